The number of hydrazone groups is 1. The van der Waals surface area contributed by atoms with Crippen LogP contribution < -0.4 is 29.1 Å². The van der Waals surface area contributed by atoms with Crippen LogP contribution in [0, 0.1) is 0 Å². The van der Waals surface area contributed by atoms with Crippen LogP contribution in [0.5, 0.6) is 23.0 Å². The van der Waals surface area contributed by atoms with E-state index in [4.69, 9.17) is 24.6 Å². The van der Waals surface area contributed by atoms with Crippen LogP contribution in [0.1, 0.15) is 150 Å². The Balaban J connectivity index is 0.893. The number of rotatable bonds is 23. The molecule has 0 fully saturated rings. The molecule has 4 aliphatic heterocycles. The van der Waals surface area contributed by atoms with Crippen LogP contribution in [0.25, 0.3) is 0 Å². The summed E-state index contributed by atoms with van der Waals surface area (Å²) in [5, 5.41) is 16.5. The summed E-state index contributed by atoms with van der Waals surface area (Å²) in [5.74, 6) is 2.12. The van der Waals surface area contributed by atoms with Crippen molar-refractivity contribution in [2.24, 2.45) is 10.1 Å². The number of amides is 2. The molecular formula is C74H78N10O6. The fourth-order valence-corrected chi connectivity index (χ4v) is 14.0. The number of pyridine rings is 2. The van der Waals surface area contributed by atoms with Crippen LogP contribution in [0.3, 0.4) is 0 Å². The maximum absolute atomic E-state index is 15.3. The van der Waals surface area contributed by atoms with E-state index in [9.17, 15) is 14.7 Å². The Bertz CT molecular complexity index is 4050. The van der Waals surface area contributed by atoms with Gasteiger partial charge in [-0.2, -0.15) is 5.10 Å². The molecule has 0 aliphatic carbocycles. The molecule has 2 spiro atoms. The summed E-state index contributed by atoms with van der Waals surface area (Å²) in [5.41, 5.74) is 10.6. The maximum atomic E-state index is 15.3. The fraction of sp³-hybridized carbons (Fsp3) is 0.311. The van der Waals surface area contributed by atoms with Crippen molar-refractivity contribution >= 4 is 52.3 Å². The highest BCUT2D eigenvalue weighted by Crippen LogP contribution is 2.60. The lowest BCUT2D eigenvalue weighted by Crippen LogP contribution is -2.48. The number of aliphatic hydroxyl groups is 1. The standard InChI is InChI=1S/C74H78N10O6/c1-9-79(10-2)52-32-36-60-67(43-52)89-68-44-53(80(11-3)12-4)33-37-61(68)73(60)58-27-18-16-25-56(58)71(87)83(73)42-40-75-65(66-30-21-29-64(78-66)49(8)86)31-22-41-82(15-7)55-35-39-63-70(46-55)90-69-45-54(81(13-5)14-6)34-38-62(69)74(63)59-28-19-17-26-57(59)72(88)84(74)76-47-50-23-20-24-51(48-85)77-50/h16-21,23-30,32-39,43-47,85H,9-15,22,31,40-42,48H2,1-8H3/b75-65?,76-47+. The van der Waals surface area contributed by atoms with Crippen molar-refractivity contribution in [2.45, 2.75) is 85.9 Å². The van der Waals surface area contributed by atoms with Gasteiger partial charge in [-0.1, -0.05) is 72.8 Å². The highest BCUT2D eigenvalue weighted by molar-refractivity contribution is 6.04. The quantitative estimate of drug-likeness (QED) is 0.0478. The van der Waals surface area contributed by atoms with E-state index in [-0.39, 0.29) is 37.3 Å². The number of carbonyl (C=O) groups excluding carboxylic acids is 3. The summed E-state index contributed by atoms with van der Waals surface area (Å²) in [6.45, 7) is 23.0. The molecular weight excluding hydrogens is 1120 g/mol. The fourth-order valence-electron chi connectivity index (χ4n) is 14.0. The second kappa shape index (κ2) is 25.4. The smallest absolute Gasteiger partial charge is 0.275 e. The van der Waals surface area contributed by atoms with Crippen molar-refractivity contribution in [3.63, 3.8) is 0 Å². The molecule has 16 nitrogen and oxygen atoms in total. The number of ketones is 1. The first kappa shape index (κ1) is 60.6. The molecule has 2 aromatic heterocycles. The summed E-state index contributed by atoms with van der Waals surface area (Å²) in [6, 6.07) is 51.8. The van der Waals surface area contributed by atoms with E-state index in [2.05, 4.69) is 152 Å². The van der Waals surface area contributed by atoms with Crippen molar-refractivity contribution < 1.29 is 29.0 Å². The van der Waals surface area contributed by atoms with Crippen molar-refractivity contribution in [3.05, 3.63) is 225 Å². The number of nitrogens with zero attached hydrogens (tertiary/aromatic N) is 10. The van der Waals surface area contributed by atoms with Gasteiger partial charge in [-0.05, 0) is 128 Å². The zero-order chi connectivity index (χ0) is 62.8. The molecule has 6 heterocycles. The Morgan fingerprint density at radius 1 is 0.533 bits per heavy atom. The van der Waals surface area contributed by atoms with Gasteiger partial charge >= 0.3 is 0 Å². The average Bonchev–Trinajstić information content (AvgIpc) is 1.45. The topological polar surface area (TPSA) is 160 Å². The van der Waals surface area contributed by atoms with Gasteiger partial charge in [0.15, 0.2) is 5.78 Å². The van der Waals surface area contributed by atoms with Crippen LogP contribution in [-0.4, -0.2) is 120 Å². The average molecular weight is 1200 g/mol. The van der Waals surface area contributed by atoms with Gasteiger partial charge in [-0.25, -0.2) is 15.0 Å². The number of fused-ring (bicyclic) bond motifs is 12. The van der Waals surface area contributed by atoms with E-state index in [1.54, 1.807) is 29.4 Å². The number of Topliss-reactive ketones (excluding diaryl/α,β-unsaturated/α-hetero) is 1. The molecule has 8 aromatic rings. The molecule has 90 heavy (non-hydrogen) atoms. The number of aromatic nitrogens is 2. The van der Waals surface area contributed by atoms with E-state index < -0.39 is 11.1 Å². The summed E-state index contributed by atoms with van der Waals surface area (Å²) in [6.07, 6.45) is 2.75. The molecule has 1 N–H and O–H groups in total. The molecule has 1 atom stereocenters. The molecule has 1 unspecified atom stereocenters. The Kier molecular flexibility index (Phi) is 17.1. The van der Waals surface area contributed by atoms with Crippen LogP contribution in [0.4, 0.5) is 22.7 Å². The van der Waals surface area contributed by atoms with Gasteiger partial charge in [0, 0.05) is 152 Å². The van der Waals surface area contributed by atoms with E-state index >= 15 is 4.79 Å². The highest BCUT2D eigenvalue weighted by atomic mass is 16.5. The van der Waals surface area contributed by atoms with Crippen LogP contribution >= 0.6 is 0 Å². The number of aliphatic hydroxyl groups excluding tert-OH is 1. The third-order valence-electron chi connectivity index (χ3n) is 18.4. The van der Waals surface area contributed by atoms with E-state index in [0.29, 0.717) is 82.8 Å². The predicted octanol–water partition coefficient (Wildman–Crippen LogP) is 13.2. The largest absolute Gasteiger partial charge is 0.456 e. The van der Waals surface area contributed by atoms with Crippen LogP contribution in [-0.2, 0) is 17.7 Å². The number of ether oxygens (including phenoxy) is 2. The molecule has 6 aromatic carbocycles. The summed E-state index contributed by atoms with van der Waals surface area (Å²) in [4.78, 5) is 69.2. The SMILES string of the molecule is CCN(CC)c1ccc2c(c1)Oc1cc(N(CC)CC)ccc1C21c2ccccc2C(=O)N1CCN=C(CCCN(CC)c1ccc2c(c1)Oc1cc(N(CC)CC)ccc1C21c2ccccc2C(=O)N1/N=C/c1cccc(CO)n1)c1cccc(C(C)=O)n1. The number of benzene rings is 6. The second-order valence-electron chi connectivity index (χ2n) is 23.0. The first-order valence-electron chi connectivity index (χ1n) is 31.8. The first-order valence-corrected chi connectivity index (χ1v) is 31.8. The predicted molar refractivity (Wildman–Crippen MR) is 357 cm³/mol. The van der Waals surface area contributed by atoms with Gasteiger partial charge in [-0.15, -0.1) is 0 Å². The van der Waals surface area contributed by atoms with Crippen LogP contribution in [0.2, 0.25) is 0 Å². The minimum absolute atomic E-state index is 0.0872. The third kappa shape index (κ3) is 10.3. The lowest BCUT2D eigenvalue weighted by molar-refractivity contribution is 0.0666. The summed E-state index contributed by atoms with van der Waals surface area (Å²) in [7, 11) is 0. The molecule has 460 valence electrons. The number of carbonyl (C=O) groups is 3. The van der Waals surface area contributed by atoms with Crippen LogP contribution in [0.15, 0.2) is 168 Å². The minimum Gasteiger partial charge on any atom is -0.456 e. The minimum atomic E-state index is -1.23. The van der Waals surface area contributed by atoms with Gasteiger partial charge < -0.3 is 39.1 Å². The van der Waals surface area contributed by atoms with Gasteiger partial charge in [-0.3, -0.25) is 19.4 Å². The van der Waals surface area contributed by atoms with Crippen molar-refractivity contribution in [1.29, 1.82) is 0 Å². The maximum Gasteiger partial charge on any atom is 0.275 e. The second-order valence-corrected chi connectivity index (χ2v) is 23.0. The van der Waals surface area contributed by atoms with Crippen molar-refractivity contribution in [1.82, 2.24) is 19.9 Å². The lowest BCUT2D eigenvalue weighted by Gasteiger charge is -2.44. The summed E-state index contributed by atoms with van der Waals surface area (Å²) < 4.78 is 14.1. The molecule has 4 aliphatic rings. The molecule has 0 bridgehead atoms. The molecule has 0 radical (unpaired) electrons. The molecule has 16 heteroatoms. The van der Waals surface area contributed by atoms with E-state index in [1.807, 2.05) is 65.6 Å². The zero-order valence-corrected chi connectivity index (χ0v) is 52.7. The number of anilines is 4. The third-order valence-corrected chi connectivity index (χ3v) is 18.4. The summed E-state index contributed by atoms with van der Waals surface area (Å²) >= 11 is 0. The van der Waals surface area contributed by atoms with Crippen molar-refractivity contribution in [2.75, 3.05) is 85.0 Å². The number of hydrogen-bond acceptors (Lipinski definition) is 14. The Morgan fingerprint density at radius 3 is 1.51 bits per heavy atom. The highest BCUT2D eigenvalue weighted by Gasteiger charge is 2.58. The number of hydrogen-bond donors (Lipinski definition) is 1. The van der Waals surface area contributed by atoms with Gasteiger partial charge in [0.1, 0.15) is 39.8 Å². The van der Waals surface area contributed by atoms with Gasteiger partial charge in [0.05, 0.1) is 42.2 Å². The molecule has 12 rings (SSSR count). The monoisotopic (exact) mass is 1200 g/mol. The van der Waals surface area contributed by atoms with E-state index in [1.165, 1.54) is 6.92 Å². The molecule has 0 saturated heterocycles. The van der Waals surface area contributed by atoms with Gasteiger partial charge in [0.25, 0.3) is 11.8 Å². The van der Waals surface area contributed by atoms with E-state index in [0.717, 1.165) is 101 Å². The van der Waals surface area contributed by atoms with Crippen molar-refractivity contribution in [3.8, 4) is 23.0 Å². The Labute approximate surface area is 527 Å². The molecule has 0 saturated carbocycles. The molecule has 2 amide bonds. The Hall–Kier alpha value is -9.67. The first-order chi connectivity index (χ1) is 43.9. The Morgan fingerprint density at radius 2 is 1.00 bits per heavy atom. The zero-order valence-electron chi connectivity index (χ0n) is 52.7. The van der Waals surface area contributed by atoms with Gasteiger partial charge in [0.2, 0.25) is 0 Å². The number of aliphatic imine (C=N–C) groups is 1. The lowest BCUT2D eigenvalue weighted by atomic mass is 9.74. The normalized spacial score (nSPS) is 15.7.